The molecule has 0 aliphatic heterocycles. The summed E-state index contributed by atoms with van der Waals surface area (Å²) in [6.07, 6.45) is 3.03. The second-order valence-electron chi connectivity index (χ2n) is 6.12. The van der Waals surface area contributed by atoms with E-state index in [-0.39, 0.29) is 24.1 Å². The molecule has 2 rings (SSSR count). The second-order valence-corrected chi connectivity index (χ2v) is 6.12. The molecule has 0 fully saturated rings. The third-order valence-electron chi connectivity index (χ3n) is 3.65. The fraction of sp³-hybridized carbons (Fsp3) is 0.444. The van der Waals surface area contributed by atoms with Crippen molar-refractivity contribution in [3.63, 3.8) is 0 Å². The van der Waals surface area contributed by atoms with Crippen LogP contribution in [0.4, 0.5) is 0 Å². The first-order valence-corrected chi connectivity index (χ1v) is 8.00. The van der Waals surface area contributed by atoms with Gasteiger partial charge >= 0.3 is 0 Å². The summed E-state index contributed by atoms with van der Waals surface area (Å²) in [4.78, 5) is 16.4. The van der Waals surface area contributed by atoms with Crippen LogP contribution in [0.2, 0.25) is 0 Å². The number of benzene rings is 1. The highest BCUT2D eigenvalue weighted by molar-refractivity contribution is 5.92. The molecular weight excluding hydrogens is 292 g/mol. The van der Waals surface area contributed by atoms with E-state index < -0.39 is 0 Å². The van der Waals surface area contributed by atoms with Gasteiger partial charge in [-0.25, -0.2) is 4.98 Å². The van der Waals surface area contributed by atoms with Crippen LogP contribution in [-0.4, -0.2) is 29.1 Å². The number of amides is 1. The van der Waals surface area contributed by atoms with Gasteiger partial charge < -0.3 is 14.8 Å². The summed E-state index contributed by atoms with van der Waals surface area (Å²) in [7, 11) is 0. The first kappa shape index (κ1) is 17.2. The number of hydrogen-bond acceptors (Lipinski definition) is 4. The number of aromatic nitrogens is 1. The summed E-state index contributed by atoms with van der Waals surface area (Å²) in [5.74, 6) is 0.983. The molecule has 1 heterocycles. The molecule has 1 atom stereocenters. The lowest BCUT2D eigenvalue weighted by Gasteiger charge is -2.18. The third kappa shape index (κ3) is 5.21. The Bertz CT molecular complexity index is 608. The highest BCUT2D eigenvalue weighted by Gasteiger charge is 2.16. The van der Waals surface area contributed by atoms with E-state index in [1.54, 1.807) is 0 Å². The topological polar surface area (TPSA) is 75.4 Å². The average Bonchev–Trinajstić information content (AvgIpc) is 3.03. The molecule has 2 aromatic rings. The summed E-state index contributed by atoms with van der Waals surface area (Å²) >= 11 is 0. The van der Waals surface area contributed by atoms with Crippen LogP contribution in [0.5, 0.6) is 0 Å². The number of rotatable bonds is 8. The van der Waals surface area contributed by atoms with E-state index in [4.69, 9.17) is 9.52 Å². The standard InChI is InChI=1S/C18H24N2O3/c1-13(2)10-14(8-9-21)11-19-17(22)16-12-23-18(20-16)15-6-4-3-5-7-15/h3-7,12-14,21H,8-11H2,1-2H3,(H,19,22). The summed E-state index contributed by atoms with van der Waals surface area (Å²) in [5, 5.41) is 12.0. The monoisotopic (exact) mass is 316 g/mol. The molecule has 1 amide bonds. The average molecular weight is 316 g/mol. The normalized spacial score (nSPS) is 12.3. The molecule has 1 unspecified atom stereocenters. The number of aliphatic hydroxyl groups excluding tert-OH is 1. The SMILES string of the molecule is CC(C)CC(CCO)CNC(=O)c1coc(-c2ccccc2)n1. The van der Waals surface area contributed by atoms with Crippen LogP contribution >= 0.6 is 0 Å². The molecule has 1 aromatic carbocycles. The highest BCUT2D eigenvalue weighted by atomic mass is 16.3. The lowest BCUT2D eigenvalue weighted by Crippen LogP contribution is -2.30. The van der Waals surface area contributed by atoms with Crippen LogP contribution in [0, 0.1) is 11.8 Å². The number of nitrogens with zero attached hydrogens (tertiary/aromatic N) is 1. The molecule has 0 saturated heterocycles. The van der Waals surface area contributed by atoms with Crippen molar-refractivity contribution >= 4 is 5.91 Å². The zero-order chi connectivity index (χ0) is 16.7. The predicted molar refractivity (Wildman–Crippen MR) is 88.9 cm³/mol. The molecule has 5 nitrogen and oxygen atoms in total. The van der Waals surface area contributed by atoms with Crippen molar-refractivity contribution in [2.75, 3.05) is 13.2 Å². The Hall–Kier alpha value is -2.14. The van der Waals surface area contributed by atoms with Crippen molar-refractivity contribution in [1.29, 1.82) is 0 Å². The maximum Gasteiger partial charge on any atom is 0.273 e. The highest BCUT2D eigenvalue weighted by Crippen LogP contribution is 2.18. The van der Waals surface area contributed by atoms with E-state index in [2.05, 4.69) is 24.1 Å². The lowest BCUT2D eigenvalue weighted by molar-refractivity contribution is 0.0936. The Kier molecular flexibility index (Phi) is 6.35. The van der Waals surface area contributed by atoms with Gasteiger partial charge in [0.05, 0.1) is 0 Å². The molecule has 5 heteroatoms. The molecule has 0 radical (unpaired) electrons. The Labute approximate surface area is 136 Å². The number of carbonyl (C=O) groups excluding carboxylic acids is 1. The fourth-order valence-electron chi connectivity index (χ4n) is 2.57. The van der Waals surface area contributed by atoms with Crippen molar-refractivity contribution in [3.8, 4) is 11.5 Å². The second kappa shape index (κ2) is 8.48. The minimum absolute atomic E-state index is 0.134. The maximum atomic E-state index is 12.2. The van der Waals surface area contributed by atoms with Crippen molar-refractivity contribution in [2.24, 2.45) is 11.8 Å². The van der Waals surface area contributed by atoms with E-state index in [1.807, 2.05) is 30.3 Å². The van der Waals surface area contributed by atoms with Crippen molar-refractivity contribution in [3.05, 3.63) is 42.3 Å². The van der Waals surface area contributed by atoms with E-state index in [9.17, 15) is 4.79 Å². The first-order valence-electron chi connectivity index (χ1n) is 8.00. The first-order chi connectivity index (χ1) is 11.1. The number of nitrogens with one attached hydrogen (secondary N) is 1. The van der Waals surface area contributed by atoms with Crippen LogP contribution in [0.3, 0.4) is 0 Å². The lowest BCUT2D eigenvalue weighted by atomic mass is 9.94. The molecule has 0 spiro atoms. The third-order valence-corrected chi connectivity index (χ3v) is 3.65. The van der Waals surface area contributed by atoms with Gasteiger partial charge in [-0.3, -0.25) is 4.79 Å². The van der Waals surface area contributed by atoms with Crippen molar-refractivity contribution < 1.29 is 14.3 Å². The zero-order valence-corrected chi connectivity index (χ0v) is 13.7. The number of carbonyl (C=O) groups is 1. The van der Waals surface area contributed by atoms with Gasteiger partial charge in [0.25, 0.3) is 5.91 Å². The minimum atomic E-state index is -0.248. The van der Waals surface area contributed by atoms with Crippen LogP contribution in [0.25, 0.3) is 11.5 Å². The van der Waals surface area contributed by atoms with E-state index in [1.165, 1.54) is 6.26 Å². The molecule has 0 aliphatic rings. The van der Waals surface area contributed by atoms with Gasteiger partial charge in [0.2, 0.25) is 5.89 Å². The van der Waals surface area contributed by atoms with Gasteiger partial charge in [0.1, 0.15) is 6.26 Å². The molecule has 0 bridgehead atoms. The minimum Gasteiger partial charge on any atom is -0.444 e. The van der Waals surface area contributed by atoms with Crippen molar-refractivity contribution in [2.45, 2.75) is 26.7 Å². The van der Waals surface area contributed by atoms with Gasteiger partial charge in [-0.15, -0.1) is 0 Å². The van der Waals surface area contributed by atoms with Gasteiger partial charge in [0, 0.05) is 18.7 Å². The fourth-order valence-corrected chi connectivity index (χ4v) is 2.57. The number of hydrogen-bond donors (Lipinski definition) is 2. The summed E-state index contributed by atoms with van der Waals surface area (Å²) in [5.41, 5.74) is 1.11. The zero-order valence-electron chi connectivity index (χ0n) is 13.7. The summed E-state index contributed by atoms with van der Waals surface area (Å²) < 4.78 is 5.38. The van der Waals surface area contributed by atoms with Gasteiger partial charge in [-0.1, -0.05) is 32.0 Å². The summed E-state index contributed by atoms with van der Waals surface area (Å²) in [6, 6.07) is 9.46. The number of oxazole rings is 1. The van der Waals surface area contributed by atoms with Crippen LogP contribution in [0.15, 0.2) is 41.0 Å². The smallest absolute Gasteiger partial charge is 0.273 e. The van der Waals surface area contributed by atoms with Crippen LogP contribution in [0.1, 0.15) is 37.2 Å². The van der Waals surface area contributed by atoms with E-state index >= 15 is 0 Å². The Morgan fingerprint density at radius 3 is 2.70 bits per heavy atom. The molecule has 23 heavy (non-hydrogen) atoms. The van der Waals surface area contributed by atoms with E-state index in [0.717, 1.165) is 12.0 Å². The molecule has 124 valence electrons. The molecule has 0 aliphatic carbocycles. The summed E-state index contributed by atoms with van der Waals surface area (Å²) in [6.45, 7) is 4.94. The van der Waals surface area contributed by atoms with Crippen LogP contribution < -0.4 is 5.32 Å². The van der Waals surface area contributed by atoms with E-state index in [0.29, 0.717) is 24.8 Å². The largest absolute Gasteiger partial charge is 0.444 e. The quantitative estimate of drug-likeness (QED) is 0.784. The Morgan fingerprint density at radius 1 is 1.30 bits per heavy atom. The van der Waals surface area contributed by atoms with Gasteiger partial charge in [0.15, 0.2) is 5.69 Å². The van der Waals surface area contributed by atoms with Gasteiger partial charge in [-0.2, -0.15) is 0 Å². The number of aliphatic hydroxyl groups is 1. The predicted octanol–water partition coefficient (Wildman–Crippen LogP) is 3.12. The molecule has 2 N–H and O–H groups in total. The molecular formula is C18H24N2O3. The van der Waals surface area contributed by atoms with Crippen LogP contribution in [-0.2, 0) is 0 Å². The van der Waals surface area contributed by atoms with Gasteiger partial charge in [-0.05, 0) is 36.8 Å². The van der Waals surface area contributed by atoms with Crippen molar-refractivity contribution in [1.82, 2.24) is 10.3 Å². The molecule has 1 aromatic heterocycles. The Balaban J connectivity index is 1.94. The Morgan fingerprint density at radius 2 is 2.04 bits per heavy atom. The maximum absolute atomic E-state index is 12.2. The molecule has 0 saturated carbocycles.